The maximum atomic E-state index is 10.9. The standard InChI is InChI=1S/C8H14N2O/c9-7-5-2-1-4(3-5)6(7)8(10)11/h4-7H,1-3,9H2,(H2,10,11)/t4-,5+,6?,7?/m0/s1. The van der Waals surface area contributed by atoms with Crippen LogP contribution >= 0.6 is 0 Å². The molecule has 62 valence electrons. The van der Waals surface area contributed by atoms with Gasteiger partial charge < -0.3 is 11.5 Å². The minimum absolute atomic E-state index is 0.0197. The van der Waals surface area contributed by atoms with Crippen LogP contribution in [0.15, 0.2) is 0 Å². The maximum absolute atomic E-state index is 10.9. The molecule has 2 unspecified atom stereocenters. The molecule has 1 amide bonds. The molecule has 2 rings (SSSR count). The third-order valence-corrected chi connectivity index (χ3v) is 3.31. The molecule has 2 aliphatic carbocycles. The summed E-state index contributed by atoms with van der Waals surface area (Å²) in [6.07, 6.45) is 3.50. The van der Waals surface area contributed by atoms with E-state index in [9.17, 15) is 4.79 Å². The molecule has 0 radical (unpaired) electrons. The van der Waals surface area contributed by atoms with E-state index in [1.54, 1.807) is 0 Å². The van der Waals surface area contributed by atoms with Gasteiger partial charge in [0.1, 0.15) is 0 Å². The van der Waals surface area contributed by atoms with Gasteiger partial charge in [-0.2, -0.15) is 0 Å². The van der Waals surface area contributed by atoms with Crippen molar-refractivity contribution in [3.05, 3.63) is 0 Å². The SMILES string of the molecule is NC(=O)C1C(N)[C@@H]2CC[C@H]1C2. The summed E-state index contributed by atoms with van der Waals surface area (Å²) in [4.78, 5) is 10.9. The summed E-state index contributed by atoms with van der Waals surface area (Å²) in [5, 5.41) is 0. The average Bonchev–Trinajstić information content (AvgIpc) is 2.44. The number of carbonyl (C=O) groups is 1. The van der Waals surface area contributed by atoms with Crippen LogP contribution in [0.25, 0.3) is 0 Å². The number of nitrogens with two attached hydrogens (primary N) is 2. The van der Waals surface area contributed by atoms with Crippen LogP contribution in [0, 0.1) is 17.8 Å². The highest BCUT2D eigenvalue weighted by molar-refractivity contribution is 5.78. The number of primary amides is 1. The Morgan fingerprint density at radius 3 is 2.27 bits per heavy atom. The van der Waals surface area contributed by atoms with Crippen molar-refractivity contribution < 1.29 is 4.79 Å². The molecule has 4 N–H and O–H groups in total. The van der Waals surface area contributed by atoms with Gasteiger partial charge in [0.25, 0.3) is 0 Å². The molecule has 2 bridgehead atoms. The highest BCUT2D eigenvalue weighted by Crippen LogP contribution is 2.47. The van der Waals surface area contributed by atoms with Crippen molar-refractivity contribution >= 4 is 5.91 Å². The van der Waals surface area contributed by atoms with Crippen LogP contribution in [0.4, 0.5) is 0 Å². The fourth-order valence-electron chi connectivity index (χ4n) is 2.76. The zero-order valence-corrected chi connectivity index (χ0v) is 6.49. The third-order valence-electron chi connectivity index (χ3n) is 3.31. The second-order valence-corrected chi connectivity index (χ2v) is 3.84. The first-order valence-corrected chi connectivity index (χ1v) is 4.25. The highest BCUT2D eigenvalue weighted by Gasteiger charge is 2.48. The lowest BCUT2D eigenvalue weighted by Gasteiger charge is -2.24. The second-order valence-electron chi connectivity index (χ2n) is 3.84. The van der Waals surface area contributed by atoms with E-state index >= 15 is 0 Å². The van der Waals surface area contributed by atoms with Crippen LogP contribution in [0.1, 0.15) is 19.3 Å². The molecule has 2 saturated carbocycles. The van der Waals surface area contributed by atoms with Crippen molar-refractivity contribution in [2.45, 2.75) is 25.3 Å². The predicted molar refractivity (Wildman–Crippen MR) is 41.5 cm³/mol. The molecule has 0 heterocycles. The molecule has 3 nitrogen and oxygen atoms in total. The van der Waals surface area contributed by atoms with Gasteiger partial charge in [-0.25, -0.2) is 0 Å². The van der Waals surface area contributed by atoms with Gasteiger partial charge in [-0.3, -0.25) is 4.79 Å². The van der Waals surface area contributed by atoms with Crippen molar-refractivity contribution in [1.29, 1.82) is 0 Å². The molecule has 11 heavy (non-hydrogen) atoms. The lowest BCUT2D eigenvalue weighted by molar-refractivity contribution is -0.123. The molecule has 0 saturated heterocycles. The van der Waals surface area contributed by atoms with Gasteiger partial charge in [0.05, 0.1) is 5.92 Å². The predicted octanol–water partition coefficient (Wildman–Crippen LogP) is -0.155. The molecule has 3 heteroatoms. The van der Waals surface area contributed by atoms with E-state index in [0.29, 0.717) is 11.8 Å². The Kier molecular flexibility index (Phi) is 1.42. The van der Waals surface area contributed by atoms with E-state index in [1.807, 2.05) is 0 Å². The monoisotopic (exact) mass is 154 g/mol. The lowest BCUT2D eigenvalue weighted by atomic mass is 9.84. The molecule has 0 spiro atoms. The molecular weight excluding hydrogens is 140 g/mol. The van der Waals surface area contributed by atoms with E-state index < -0.39 is 0 Å². The molecule has 0 aromatic carbocycles. The van der Waals surface area contributed by atoms with Gasteiger partial charge in [-0.05, 0) is 31.1 Å². The fourth-order valence-corrected chi connectivity index (χ4v) is 2.76. The summed E-state index contributed by atoms with van der Waals surface area (Å²) in [5.74, 6) is 0.878. The minimum Gasteiger partial charge on any atom is -0.369 e. The van der Waals surface area contributed by atoms with Crippen LogP contribution in [-0.2, 0) is 4.79 Å². The molecule has 0 aliphatic heterocycles. The Hall–Kier alpha value is -0.570. The number of hydrogen-bond donors (Lipinski definition) is 2. The Morgan fingerprint density at radius 2 is 1.91 bits per heavy atom. The van der Waals surface area contributed by atoms with E-state index in [0.717, 1.165) is 12.8 Å². The maximum Gasteiger partial charge on any atom is 0.222 e. The fraction of sp³-hybridized carbons (Fsp3) is 0.875. The Balaban J connectivity index is 2.17. The first-order valence-electron chi connectivity index (χ1n) is 4.25. The van der Waals surface area contributed by atoms with Crippen molar-refractivity contribution in [1.82, 2.24) is 0 Å². The van der Waals surface area contributed by atoms with Crippen LogP contribution in [0.3, 0.4) is 0 Å². The topological polar surface area (TPSA) is 69.1 Å². The first-order chi connectivity index (χ1) is 5.20. The van der Waals surface area contributed by atoms with Crippen molar-refractivity contribution in [3.63, 3.8) is 0 Å². The van der Waals surface area contributed by atoms with Gasteiger partial charge in [-0.15, -0.1) is 0 Å². The highest BCUT2D eigenvalue weighted by atomic mass is 16.1. The van der Waals surface area contributed by atoms with Crippen molar-refractivity contribution in [2.24, 2.45) is 29.2 Å². The second kappa shape index (κ2) is 2.21. The van der Waals surface area contributed by atoms with E-state index in [1.165, 1.54) is 6.42 Å². The summed E-state index contributed by atoms with van der Waals surface area (Å²) >= 11 is 0. The zero-order valence-electron chi connectivity index (χ0n) is 6.49. The minimum atomic E-state index is -0.190. The van der Waals surface area contributed by atoms with Crippen molar-refractivity contribution in [2.75, 3.05) is 0 Å². The molecule has 2 aliphatic rings. The average molecular weight is 154 g/mol. The quantitative estimate of drug-likeness (QED) is 0.551. The largest absolute Gasteiger partial charge is 0.369 e. The van der Waals surface area contributed by atoms with Gasteiger partial charge in [0.15, 0.2) is 0 Å². The van der Waals surface area contributed by atoms with Gasteiger partial charge in [-0.1, -0.05) is 0 Å². The summed E-state index contributed by atoms with van der Waals surface area (Å²) in [6, 6.07) is 0.0613. The summed E-state index contributed by atoms with van der Waals surface area (Å²) < 4.78 is 0. The van der Waals surface area contributed by atoms with Crippen LogP contribution in [-0.4, -0.2) is 11.9 Å². The normalized spacial score (nSPS) is 48.1. The van der Waals surface area contributed by atoms with E-state index in [4.69, 9.17) is 11.5 Å². The summed E-state index contributed by atoms with van der Waals surface area (Å²) in [7, 11) is 0. The lowest BCUT2D eigenvalue weighted by Crippen LogP contribution is -2.43. The molecular formula is C8H14N2O. The van der Waals surface area contributed by atoms with Gasteiger partial charge in [0.2, 0.25) is 5.91 Å². The summed E-state index contributed by atoms with van der Waals surface area (Å²) in [5.41, 5.74) is 11.1. The van der Waals surface area contributed by atoms with Crippen LogP contribution < -0.4 is 11.5 Å². The number of amides is 1. The first kappa shape index (κ1) is 7.10. The molecule has 0 aromatic rings. The van der Waals surface area contributed by atoms with Gasteiger partial charge >= 0.3 is 0 Å². The number of fused-ring (bicyclic) bond motifs is 2. The Morgan fingerprint density at radius 1 is 1.27 bits per heavy atom. The number of carbonyl (C=O) groups excluding carboxylic acids is 1. The van der Waals surface area contributed by atoms with Crippen LogP contribution in [0.2, 0.25) is 0 Å². The third kappa shape index (κ3) is 0.872. The molecule has 0 aromatic heterocycles. The Bertz CT molecular complexity index is 191. The van der Waals surface area contributed by atoms with Crippen molar-refractivity contribution in [3.8, 4) is 0 Å². The van der Waals surface area contributed by atoms with E-state index in [-0.39, 0.29) is 17.9 Å². The van der Waals surface area contributed by atoms with Gasteiger partial charge in [0, 0.05) is 6.04 Å². The van der Waals surface area contributed by atoms with Crippen LogP contribution in [0.5, 0.6) is 0 Å². The summed E-state index contributed by atoms with van der Waals surface area (Å²) in [6.45, 7) is 0. The van der Waals surface area contributed by atoms with E-state index in [2.05, 4.69) is 0 Å². The number of rotatable bonds is 1. The Labute approximate surface area is 66.1 Å². The molecule has 4 atom stereocenters. The smallest absolute Gasteiger partial charge is 0.222 e. The number of hydrogen-bond acceptors (Lipinski definition) is 2. The zero-order chi connectivity index (χ0) is 8.01. The molecule has 2 fully saturated rings.